The number of para-hydroxylation sites is 1. The summed E-state index contributed by atoms with van der Waals surface area (Å²) in [4.78, 5) is 3.93. The van der Waals surface area contributed by atoms with Gasteiger partial charge in [-0.1, -0.05) is 12.1 Å². The SMILES string of the molecule is c1ccc2c(c1)SNC[C@@H]1CCCN21. The molecule has 0 radical (unpaired) electrons. The zero-order valence-electron chi connectivity index (χ0n) is 8.07. The van der Waals surface area contributed by atoms with Gasteiger partial charge in [0, 0.05) is 24.0 Å². The first kappa shape index (κ1) is 8.62. The van der Waals surface area contributed by atoms with Crippen LogP contribution < -0.4 is 9.62 Å². The van der Waals surface area contributed by atoms with Gasteiger partial charge in [0.2, 0.25) is 0 Å². The summed E-state index contributed by atoms with van der Waals surface area (Å²) in [5.74, 6) is 0. The number of nitrogens with zero attached hydrogens (tertiary/aromatic N) is 1. The van der Waals surface area contributed by atoms with Gasteiger partial charge >= 0.3 is 0 Å². The number of benzene rings is 1. The number of nitrogens with one attached hydrogen (secondary N) is 1. The van der Waals surface area contributed by atoms with Crippen LogP contribution in [0.1, 0.15) is 12.8 Å². The fraction of sp³-hybridized carbons (Fsp3) is 0.455. The molecule has 1 N–H and O–H groups in total. The zero-order chi connectivity index (χ0) is 9.38. The molecule has 0 aliphatic carbocycles. The van der Waals surface area contributed by atoms with E-state index in [1.54, 1.807) is 11.9 Å². The maximum atomic E-state index is 3.45. The van der Waals surface area contributed by atoms with Gasteiger partial charge in [-0.05, 0) is 36.9 Å². The van der Waals surface area contributed by atoms with Crippen LogP contribution in [0.2, 0.25) is 0 Å². The third kappa shape index (κ3) is 1.31. The second-order valence-corrected chi connectivity index (χ2v) is 4.84. The summed E-state index contributed by atoms with van der Waals surface area (Å²) < 4.78 is 3.45. The molecule has 2 heterocycles. The van der Waals surface area contributed by atoms with Crippen molar-refractivity contribution in [3.63, 3.8) is 0 Å². The van der Waals surface area contributed by atoms with Crippen LogP contribution in [0, 0.1) is 0 Å². The van der Waals surface area contributed by atoms with Crippen LogP contribution in [0.15, 0.2) is 29.2 Å². The van der Waals surface area contributed by atoms with Crippen molar-refractivity contribution >= 4 is 17.6 Å². The van der Waals surface area contributed by atoms with Gasteiger partial charge in [-0.3, -0.25) is 4.72 Å². The van der Waals surface area contributed by atoms with Crippen molar-refractivity contribution in [1.29, 1.82) is 0 Å². The van der Waals surface area contributed by atoms with Crippen LogP contribution in [0.3, 0.4) is 0 Å². The fourth-order valence-corrected chi connectivity index (χ4v) is 3.23. The lowest BCUT2D eigenvalue weighted by molar-refractivity contribution is 0.660. The van der Waals surface area contributed by atoms with E-state index in [4.69, 9.17) is 0 Å². The maximum absolute atomic E-state index is 3.45. The topological polar surface area (TPSA) is 15.3 Å². The number of anilines is 1. The van der Waals surface area contributed by atoms with Crippen LogP contribution in [0.5, 0.6) is 0 Å². The third-order valence-electron chi connectivity index (χ3n) is 3.05. The van der Waals surface area contributed by atoms with Crippen LogP contribution in [0.4, 0.5) is 5.69 Å². The predicted octanol–water partition coefficient (Wildman–Crippen LogP) is 2.27. The van der Waals surface area contributed by atoms with Gasteiger partial charge in [-0.15, -0.1) is 0 Å². The minimum atomic E-state index is 0.714. The standard InChI is InChI=1S/C11H14N2S/c1-2-6-11-10(5-1)13-7-3-4-9(13)8-12-14-11/h1-2,5-6,9,12H,3-4,7-8H2/t9-/m0/s1. The Kier molecular flexibility index (Phi) is 2.14. The summed E-state index contributed by atoms with van der Waals surface area (Å²) in [6.45, 7) is 2.34. The normalized spacial score (nSPS) is 25.4. The summed E-state index contributed by atoms with van der Waals surface area (Å²) in [5.41, 5.74) is 1.42. The average molecular weight is 206 g/mol. The molecule has 0 unspecified atom stereocenters. The van der Waals surface area contributed by atoms with Gasteiger partial charge < -0.3 is 4.90 Å². The van der Waals surface area contributed by atoms with Gasteiger partial charge in [0.25, 0.3) is 0 Å². The summed E-state index contributed by atoms with van der Waals surface area (Å²) >= 11 is 1.77. The molecule has 2 aliphatic rings. The smallest absolute Gasteiger partial charge is 0.0520 e. The minimum absolute atomic E-state index is 0.714. The van der Waals surface area contributed by atoms with Crippen LogP contribution in [-0.2, 0) is 0 Å². The maximum Gasteiger partial charge on any atom is 0.0520 e. The van der Waals surface area contributed by atoms with Crippen LogP contribution in [0.25, 0.3) is 0 Å². The molecule has 1 aromatic rings. The lowest BCUT2D eigenvalue weighted by Crippen LogP contribution is -2.34. The minimum Gasteiger partial charge on any atom is -0.366 e. The van der Waals surface area contributed by atoms with E-state index < -0.39 is 0 Å². The number of hydrogen-bond acceptors (Lipinski definition) is 3. The van der Waals surface area contributed by atoms with Crippen LogP contribution in [-0.4, -0.2) is 19.1 Å². The van der Waals surface area contributed by atoms with Crippen molar-refractivity contribution in [3.8, 4) is 0 Å². The second-order valence-electron chi connectivity index (χ2n) is 3.91. The molecule has 0 bridgehead atoms. The van der Waals surface area contributed by atoms with Crippen molar-refractivity contribution in [2.24, 2.45) is 0 Å². The zero-order valence-corrected chi connectivity index (χ0v) is 8.89. The quantitative estimate of drug-likeness (QED) is 0.656. The second kappa shape index (κ2) is 3.48. The Labute approximate surface area is 88.8 Å². The molecule has 0 amide bonds. The molecule has 3 rings (SSSR count). The predicted molar refractivity (Wildman–Crippen MR) is 60.7 cm³/mol. The van der Waals surface area contributed by atoms with Crippen molar-refractivity contribution in [2.45, 2.75) is 23.8 Å². The number of rotatable bonds is 0. The Balaban J connectivity index is 2.04. The van der Waals surface area contributed by atoms with E-state index in [2.05, 4.69) is 33.9 Å². The molecule has 74 valence electrons. The van der Waals surface area contributed by atoms with Crippen molar-refractivity contribution in [1.82, 2.24) is 4.72 Å². The first-order valence-corrected chi connectivity index (χ1v) is 6.02. The van der Waals surface area contributed by atoms with E-state index in [1.807, 2.05) is 0 Å². The van der Waals surface area contributed by atoms with Crippen molar-refractivity contribution in [2.75, 3.05) is 18.0 Å². The van der Waals surface area contributed by atoms with Gasteiger partial charge in [-0.2, -0.15) is 0 Å². The van der Waals surface area contributed by atoms with Gasteiger partial charge in [-0.25, -0.2) is 0 Å². The summed E-state index contributed by atoms with van der Waals surface area (Å²) in [6, 6.07) is 9.41. The molecule has 1 atom stereocenters. The summed E-state index contributed by atoms with van der Waals surface area (Å²) in [5, 5.41) is 0. The van der Waals surface area contributed by atoms with E-state index in [0.29, 0.717) is 6.04 Å². The highest BCUT2D eigenvalue weighted by molar-refractivity contribution is 7.97. The molecule has 1 saturated heterocycles. The Morgan fingerprint density at radius 2 is 2.29 bits per heavy atom. The molecule has 0 saturated carbocycles. The highest BCUT2D eigenvalue weighted by Crippen LogP contribution is 2.35. The molecule has 14 heavy (non-hydrogen) atoms. The van der Waals surface area contributed by atoms with E-state index in [-0.39, 0.29) is 0 Å². The Bertz CT molecular complexity index is 340. The third-order valence-corrected chi connectivity index (χ3v) is 3.93. The fourth-order valence-electron chi connectivity index (χ4n) is 2.36. The molecule has 0 aromatic heterocycles. The lowest BCUT2D eigenvalue weighted by atomic mass is 10.2. The largest absolute Gasteiger partial charge is 0.366 e. The van der Waals surface area contributed by atoms with E-state index >= 15 is 0 Å². The molecular weight excluding hydrogens is 192 g/mol. The van der Waals surface area contributed by atoms with Gasteiger partial charge in [0.05, 0.1) is 5.69 Å². The Morgan fingerprint density at radius 3 is 3.29 bits per heavy atom. The van der Waals surface area contributed by atoms with Crippen LogP contribution >= 0.6 is 11.9 Å². The first-order chi connectivity index (χ1) is 6.95. The lowest BCUT2D eigenvalue weighted by Gasteiger charge is -2.24. The van der Waals surface area contributed by atoms with Crippen molar-refractivity contribution < 1.29 is 0 Å². The van der Waals surface area contributed by atoms with Crippen molar-refractivity contribution in [3.05, 3.63) is 24.3 Å². The van der Waals surface area contributed by atoms with E-state index in [0.717, 1.165) is 6.54 Å². The molecule has 1 fully saturated rings. The highest BCUT2D eigenvalue weighted by Gasteiger charge is 2.28. The summed E-state index contributed by atoms with van der Waals surface area (Å²) in [6.07, 6.45) is 2.67. The van der Waals surface area contributed by atoms with Gasteiger partial charge in [0.15, 0.2) is 0 Å². The molecule has 1 aromatic carbocycles. The molecule has 2 nitrogen and oxygen atoms in total. The monoisotopic (exact) mass is 206 g/mol. The van der Waals surface area contributed by atoms with E-state index in [1.165, 1.54) is 30.0 Å². The number of fused-ring (bicyclic) bond motifs is 3. The van der Waals surface area contributed by atoms with Gasteiger partial charge in [0.1, 0.15) is 0 Å². The molecule has 0 spiro atoms. The first-order valence-electron chi connectivity index (χ1n) is 5.20. The summed E-state index contributed by atoms with van der Waals surface area (Å²) in [7, 11) is 0. The Morgan fingerprint density at radius 1 is 1.36 bits per heavy atom. The molecular formula is C11H14N2S. The average Bonchev–Trinajstić information content (AvgIpc) is 2.61. The molecule has 3 heteroatoms. The Hall–Kier alpha value is -0.670. The van der Waals surface area contributed by atoms with E-state index in [9.17, 15) is 0 Å². The highest BCUT2D eigenvalue weighted by atomic mass is 32.2. The number of hydrogen-bond donors (Lipinski definition) is 1. The molecule has 2 aliphatic heterocycles.